The lowest BCUT2D eigenvalue weighted by molar-refractivity contribution is -0.114. The second-order valence-corrected chi connectivity index (χ2v) is 9.39. The lowest BCUT2D eigenvalue weighted by Gasteiger charge is -2.34. The van der Waals surface area contributed by atoms with E-state index in [2.05, 4.69) is 14.9 Å². The minimum atomic E-state index is -3.88. The van der Waals surface area contributed by atoms with Crippen LogP contribution in [-0.4, -0.2) is 38.9 Å². The number of nitrogens with zero attached hydrogens (tertiary/aromatic N) is 1. The maximum Gasteiger partial charge on any atom is 0.240 e. The molecule has 2 N–H and O–H groups in total. The first kappa shape index (κ1) is 20.9. The van der Waals surface area contributed by atoms with Gasteiger partial charge < -0.3 is 5.32 Å². The number of thiophene rings is 1. The Morgan fingerprint density at radius 3 is 2.61 bits per heavy atom. The van der Waals surface area contributed by atoms with Gasteiger partial charge in [0, 0.05) is 19.5 Å². The number of hydrogen-bond acceptors (Lipinski definition) is 5. The molecule has 1 atom stereocenters. The lowest BCUT2D eigenvalue weighted by Crippen LogP contribution is -2.40. The second kappa shape index (κ2) is 9.13. The van der Waals surface area contributed by atoms with Crippen LogP contribution in [0.4, 0.5) is 10.1 Å². The van der Waals surface area contributed by atoms with Crippen LogP contribution in [-0.2, 0) is 14.8 Å². The summed E-state index contributed by atoms with van der Waals surface area (Å²) < 4.78 is 42.2. The van der Waals surface area contributed by atoms with Gasteiger partial charge in [0.25, 0.3) is 0 Å². The smallest absolute Gasteiger partial charge is 0.240 e. The summed E-state index contributed by atoms with van der Waals surface area (Å²) in [6.07, 6.45) is 3.39. The van der Waals surface area contributed by atoms with Crippen LogP contribution in [0.3, 0.4) is 0 Å². The van der Waals surface area contributed by atoms with Crippen molar-refractivity contribution in [1.82, 2.24) is 9.62 Å². The number of piperidine rings is 1. The molecule has 2 aromatic rings. The van der Waals surface area contributed by atoms with E-state index in [1.54, 1.807) is 11.3 Å². The molecule has 0 aliphatic carbocycles. The van der Waals surface area contributed by atoms with E-state index in [1.807, 2.05) is 16.8 Å². The monoisotopic (exact) mass is 425 g/mol. The number of anilines is 1. The highest BCUT2D eigenvalue weighted by molar-refractivity contribution is 7.89. The molecule has 1 aliphatic rings. The first-order valence-corrected chi connectivity index (χ1v) is 11.6. The van der Waals surface area contributed by atoms with E-state index in [-0.39, 0.29) is 23.2 Å². The molecule has 3 rings (SSSR count). The summed E-state index contributed by atoms with van der Waals surface area (Å²) in [6, 6.07) is 5.43. The fraction of sp³-hybridized carbons (Fsp3) is 0.421. The number of hydrogen-bond donors (Lipinski definition) is 2. The van der Waals surface area contributed by atoms with Gasteiger partial charge >= 0.3 is 0 Å². The van der Waals surface area contributed by atoms with Crippen molar-refractivity contribution in [3.63, 3.8) is 0 Å². The van der Waals surface area contributed by atoms with Gasteiger partial charge in [-0.2, -0.15) is 11.3 Å². The fourth-order valence-corrected chi connectivity index (χ4v) is 5.14. The number of halogens is 1. The largest absolute Gasteiger partial charge is 0.324 e. The number of nitrogens with one attached hydrogen (secondary N) is 2. The van der Waals surface area contributed by atoms with Gasteiger partial charge in [-0.25, -0.2) is 17.5 Å². The van der Waals surface area contributed by atoms with E-state index >= 15 is 0 Å². The predicted octanol–water partition coefficient (Wildman–Crippen LogP) is 3.35. The van der Waals surface area contributed by atoms with Gasteiger partial charge in [-0.15, -0.1) is 0 Å². The maximum absolute atomic E-state index is 14.1. The van der Waals surface area contributed by atoms with Gasteiger partial charge in [0.2, 0.25) is 15.9 Å². The van der Waals surface area contributed by atoms with E-state index < -0.39 is 21.7 Å². The second-order valence-electron chi connectivity index (χ2n) is 6.84. The third-order valence-corrected chi connectivity index (χ3v) is 6.91. The Morgan fingerprint density at radius 2 is 2.00 bits per heavy atom. The van der Waals surface area contributed by atoms with Crippen LogP contribution < -0.4 is 10.0 Å². The molecule has 1 aromatic carbocycles. The first-order valence-electron chi connectivity index (χ1n) is 9.20. The molecule has 1 fully saturated rings. The third kappa shape index (κ3) is 5.16. The summed E-state index contributed by atoms with van der Waals surface area (Å²) in [6.45, 7) is 3.34. The lowest BCUT2D eigenvalue weighted by atomic mass is 10.0. The number of benzene rings is 1. The number of sulfonamides is 1. The topological polar surface area (TPSA) is 78.5 Å². The minimum absolute atomic E-state index is 0.0454. The molecule has 0 radical (unpaired) electrons. The third-order valence-electron chi connectivity index (χ3n) is 4.79. The van der Waals surface area contributed by atoms with E-state index in [0.717, 1.165) is 37.6 Å². The Morgan fingerprint density at radius 1 is 1.25 bits per heavy atom. The van der Waals surface area contributed by atoms with Crippen molar-refractivity contribution >= 4 is 33.0 Å². The van der Waals surface area contributed by atoms with Crippen molar-refractivity contribution in [1.29, 1.82) is 0 Å². The molecule has 6 nitrogen and oxygen atoms in total. The Hall–Kier alpha value is -1.81. The number of amides is 1. The molecule has 0 saturated carbocycles. The summed E-state index contributed by atoms with van der Waals surface area (Å²) in [4.78, 5) is 13.2. The SMILES string of the molecule is CC(=O)Nc1ccc(S(=O)(=O)NCC(c2ccsc2)N2CCCCC2)cc1F. The summed E-state index contributed by atoms with van der Waals surface area (Å²) >= 11 is 1.58. The number of carbonyl (C=O) groups is 1. The Labute approximate surface area is 168 Å². The zero-order valence-corrected chi connectivity index (χ0v) is 17.3. The first-order chi connectivity index (χ1) is 13.4. The van der Waals surface area contributed by atoms with Crippen LogP contribution in [0.25, 0.3) is 0 Å². The average Bonchev–Trinajstić information content (AvgIpc) is 3.18. The zero-order valence-electron chi connectivity index (χ0n) is 15.7. The summed E-state index contributed by atoms with van der Waals surface area (Å²) in [5.74, 6) is -1.21. The zero-order chi connectivity index (χ0) is 20.1. The van der Waals surface area contributed by atoms with Crippen LogP contribution in [0.15, 0.2) is 39.9 Å². The molecular formula is C19H24FN3O3S2. The number of rotatable bonds is 7. The highest BCUT2D eigenvalue weighted by Crippen LogP contribution is 2.26. The van der Waals surface area contributed by atoms with E-state index in [0.29, 0.717) is 0 Å². The fourth-order valence-electron chi connectivity index (χ4n) is 3.38. The number of likely N-dealkylation sites (tertiary alicyclic amines) is 1. The summed E-state index contributed by atoms with van der Waals surface area (Å²) in [5.41, 5.74) is 1.04. The van der Waals surface area contributed by atoms with Crippen LogP contribution in [0.2, 0.25) is 0 Å². The standard InChI is InChI=1S/C19H24FN3O3S2/c1-14(24)22-18-6-5-16(11-17(18)20)28(25,26)21-12-19(15-7-10-27-13-15)23-8-3-2-4-9-23/h5-7,10-11,13,19,21H,2-4,8-9,12H2,1H3,(H,22,24). The van der Waals surface area contributed by atoms with Crippen molar-refractivity contribution in [2.45, 2.75) is 37.1 Å². The molecule has 9 heteroatoms. The molecule has 28 heavy (non-hydrogen) atoms. The van der Waals surface area contributed by atoms with Crippen molar-refractivity contribution < 1.29 is 17.6 Å². The van der Waals surface area contributed by atoms with Crippen molar-refractivity contribution in [3.8, 4) is 0 Å². The molecule has 0 bridgehead atoms. The summed E-state index contributed by atoms with van der Waals surface area (Å²) in [7, 11) is -3.88. The van der Waals surface area contributed by atoms with E-state index in [4.69, 9.17) is 0 Å². The Kier molecular flexibility index (Phi) is 6.82. The number of carbonyl (C=O) groups excluding carboxylic acids is 1. The molecule has 0 spiro atoms. The predicted molar refractivity (Wildman–Crippen MR) is 108 cm³/mol. The quantitative estimate of drug-likeness (QED) is 0.713. The van der Waals surface area contributed by atoms with Gasteiger partial charge in [-0.3, -0.25) is 9.69 Å². The molecule has 1 saturated heterocycles. The van der Waals surface area contributed by atoms with Gasteiger partial charge in [0.15, 0.2) is 0 Å². The molecule has 2 heterocycles. The van der Waals surface area contributed by atoms with E-state index in [1.165, 1.54) is 25.5 Å². The van der Waals surface area contributed by atoms with Crippen LogP contribution in [0, 0.1) is 5.82 Å². The summed E-state index contributed by atoms with van der Waals surface area (Å²) in [5, 5.41) is 6.35. The molecule has 1 aliphatic heterocycles. The molecule has 152 valence electrons. The maximum atomic E-state index is 14.1. The molecule has 1 aromatic heterocycles. The van der Waals surface area contributed by atoms with Gasteiger partial charge in [-0.1, -0.05) is 6.42 Å². The normalized spacial score (nSPS) is 16.6. The minimum Gasteiger partial charge on any atom is -0.324 e. The Bertz CT molecular complexity index is 911. The van der Waals surface area contributed by atoms with Gasteiger partial charge in [-0.05, 0) is 66.5 Å². The van der Waals surface area contributed by atoms with Crippen molar-refractivity contribution in [2.75, 3.05) is 25.0 Å². The highest BCUT2D eigenvalue weighted by atomic mass is 32.2. The molecule has 1 amide bonds. The van der Waals surface area contributed by atoms with E-state index in [9.17, 15) is 17.6 Å². The van der Waals surface area contributed by atoms with Crippen LogP contribution >= 0.6 is 11.3 Å². The van der Waals surface area contributed by atoms with Gasteiger partial charge in [0.05, 0.1) is 10.6 Å². The molecular weight excluding hydrogens is 401 g/mol. The van der Waals surface area contributed by atoms with Crippen LogP contribution in [0.1, 0.15) is 37.8 Å². The van der Waals surface area contributed by atoms with Crippen molar-refractivity contribution in [3.05, 3.63) is 46.4 Å². The van der Waals surface area contributed by atoms with Gasteiger partial charge in [0.1, 0.15) is 5.82 Å². The highest BCUT2D eigenvalue weighted by Gasteiger charge is 2.25. The van der Waals surface area contributed by atoms with Crippen LogP contribution in [0.5, 0.6) is 0 Å². The average molecular weight is 426 g/mol. The Balaban J connectivity index is 1.75. The van der Waals surface area contributed by atoms with Crippen molar-refractivity contribution in [2.24, 2.45) is 0 Å². The molecule has 1 unspecified atom stereocenters.